The number of aromatic nitrogens is 3. The molecular formula is C31H23ClF3N5OS. The van der Waals surface area contributed by atoms with Crippen molar-refractivity contribution in [3.63, 3.8) is 0 Å². The van der Waals surface area contributed by atoms with Gasteiger partial charge in [-0.3, -0.25) is 14.8 Å². The van der Waals surface area contributed by atoms with Gasteiger partial charge in [0, 0.05) is 35.5 Å². The number of anilines is 1. The Morgan fingerprint density at radius 2 is 1.83 bits per heavy atom. The van der Waals surface area contributed by atoms with E-state index in [0.29, 0.717) is 39.4 Å². The molecule has 2 atom stereocenters. The second-order valence-electron chi connectivity index (χ2n) is 10.1. The summed E-state index contributed by atoms with van der Waals surface area (Å²) in [5, 5.41) is 0.963. The number of ketones is 1. The van der Waals surface area contributed by atoms with Gasteiger partial charge in [0.2, 0.25) is 5.95 Å². The molecule has 4 aromatic rings. The minimum absolute atomic E-state index is 0.0638. The normalized spacial score (nSPS) is 20.3. The van der Waals surface area contributed by atoms with E-state index >= 15 is 8.78 Å². The predicted octanol–water partition coefficient (Wildman–Crippen LogP) is 7.02. The standard InChI is InChI=1S/C31H23ClF3N5OS/c32-22-7-9-27(36-13-22)26(35)11-19-6-8-25(34)24(10-19)31-18-40(30-37-14-23(33)15-38-30)16-21(31)17-42-29(39-31)12-28(41)20-4-2-1-3-5-20/h1-11,13-15,21H,12,16-18H2/b26-11-/t21-,31-/m1/s1. The summed E-state index contributed by atoms with van der Waals surface area (Å²) in [7, 11) is 0. The smallest absolute Gasteiger partial charge is 0.225 e. The summed E-state index contributed by atoms with van der Waals surface area (Å²) in [6.07, 6.45) is 4.86. The van der Waals surface area contributed by atoms with Crippen molar-refractivity contribution >= 4 is 52.0 Å². The van der Waals surface area contributed by atoms with Crippen LogP contribution in [-0.4, -0.2) is 44.6 Å². The number of carbonyl (C=O) groups is 1. The molecule has 6 nitrogen and oxygen atoms in total. The molecule has 2 aliphatic heterocycles. The first-order valence-corrected chi connectivity index (χ1v) is 14.5. The quantitative estimate of drug-likeness (QED) is 0.211. The van der Waals surface area contributed by atoms with Crippen LogP contribution in [0.25, 0.3) is 11.9 Å². The number of Topliss-reactive ketones (excluding diaryl/α,β-unsaturated/α-hetero) is 1. The van der Waals surface area contributed by atoms with Crippen molar-refractivity contribution in [1.29, 1.82) is 0 Å². The van der Waals surface area contributed by atoms with Crippen LogP contribution in [0, 0.1) is 17.6 Å². The largest absolute Gasteiger partial charge is 0.338 e. The SMILES string of the molecule is O=C(CC1=N[C@]2(c3cc(/C=C(\F)c4ccc(Cl)cn4)ccc3F)CN(c3ncc(F)cn3)C[C@@H]2CS1)c1ccccc1. The average Bonchev–Trinajstić information content (AvgIpc) is 3.39. The van der Waals surface area contributed by atoms with E-state index < -0.39 is 23.0 Å². The lowest BCUT2D eigenvalue weighted by Crippen LogP contribution is -2.39. The highest BCUT2D eigenvalue weighted by Crippen LogP contribution is 2.48. The van der Waals surface area contributed by atoms with Crippen molar-refractivity contribution in [2.75, 3.05) is 23.7 Å². The highest BCUT2D eigenvalue weighted by Gasteiger charge is 2.52. The van der Waals surface area contributed by atoms with Crippen LogP contribution in [0.5, 0.6) is 0 Å². The Balaban J connectivity index is 1.41. The maximum Gasteiger partial charge on any atom is 0.225 e. The van der Waals surface area contributed by atoms with Gasteiger partial charge in [0.25, 0.3) is 0 Å². The molecule has 42 heavy (non-hydrogen) atoms. The van der Waals surface area contributed by atoms with Crippen LogP contribution in [0.15, 0.2) is 84.2 Å². The first kappa shape index (κ1) is 28.1. The summed E-state index contributed by atoms with van der Waals surface area (Å²) in [6.45, 7) is 0.628. The highest BCUT2D eigenvalue weighted by molar-refractivity contribution is 8.14. The van der Waals surface area contributed by atoms with E-state index in [4.69, 9.17) is 16.6 Å². The maximum absolute atomic E-state index is 15.7. The summed E-state index contributed by atoms with van der Waals surface area (Å²) < 4.78 is 44.4. The zero-order valence-corrected chi connectivity index (χ0v) is 23.6. The molecule has 2 aromatic carbocycles. The summed E-state index contributed by atoms with van der Waals surface area (Å²) >= 11 is 7.34. The molecule has 1 saturated heterocycles. The van der Waals surface area contributed by atoms with Crippen LogP contribution in [0.2, 0.25) is 5.02 Å². The van der Waals surface area contributed by atoms with Crippen molar-refractivity contribution in [3.05, 3.63) is 118 Å². The molecule has 0 N–H and O–H groups in total. The van der Waals surface area contributed by atoms with Crippen molar-refractivity contribution in [3.8, 4) is 0 Å². The van der Waals surface area contributed by atoms with E-state index in [2.05, 4.69) is 15.0 Å². The topological polar surface area (TPSA) is 71.3 Å². The lowest BCUT2D eigenvalue weighted by atomic mass is 9.80. The van der Waals surface area contributed by atoms with E-state index in [1.54, 1.807) is 30.3 Å². The van der Waals surface area contributed by atoms with Gasteiger partial charge in [-0.25, -0.2) is 23.1 Å². The Morgan fingerprint density at radius 3 is 2.57 bits per heavy atom. The lowest BCUT2D eigenvalue weighted by molar-refractivity contribution is 0.100. The molecule has 0 bridgehead atoms. The Kier molecular flexibility index (Phi) is 7.83. The number of hydrogen-bond donors (Lipinski definition) is 0. The molecule has 6 rings (SSSR count). The molecule has 0 saturated carbocycles. The molecule has 1 fully saturated rings. The van der Waals surface area contributed by atoms with Crippen molar-refractivity contribution in [1.82, 2.24) is 15.0 Å². The molecule has 4 heterocycles. The fourth-order valence-electron chi connectivity index (χ4n) is 5.31. The Hall–Kier alpha value is -4.02. The molecule has 0 aliphatic carbocycles. The second kappa shape index (κ2) is 11.7. The number of thioether (sulfide) groups is 1. The number of carbonyl (C=O) groups excluding carboxylic acids is 1. The van der Waals surface area contributed by atoms with E-state index in [1.807, 2.05) is 11.0 Å². The summed E-state index contributed by atoms with van der Waals surface area (Å²) in [4.78, 5) is 32.2. The molecule has 212 valence electrons. The number of rotatable bonds is 7. The molecule has 11 heteroatoms. The first-order chi connectivity index (χ1) is 20.3. The average molecular weight is 606 g/mol. The Morgan fingerprint density at radius 1 is 1.05 bits per heavy atom. The van der Waals surface area contributed by atoms with Crippen LogP contribution >= 0.6 is 23.4 Å². The number of benzene rings is 2. The van der Waals surface area contributed by atoms with Crippen LogP contribution in [0.1, 0.15) is 33.6 Å². The van der Waals surface area contributed by atoms with Gasteiger partial charge in [-0.05, 0) is 35.9 Å². The number of nitrogens with zero attached hydrogens (tertiary/aromatic N) is 5. The van der Waals surface area contributed by atoms with Gasteiger partial charge >= 0.3 is 0 Å². The van der Waals surface area contributed by atoms with E-state index in [9.17, 15) is 9.18 Å². The van der Waals surface area contributed by atoms with Gasteiger partial charge < -0.3 is 4.90 Å². The second-order valence-corrected chi connectivity index (χ2v) is 11.6. The summed E-state index contributed by atoms with van der Waals surface area (Å²) in [5.74, 6) is -1.12. The third kappa shape index (κ3) is 5.69. The van der Waals surface area contributed by atoms with Gasteiger partial charge in [-0.15, -0.1) is 11.8 Å². The lowest BCUT2D eigenvalue weighted by Gasteiger charge is -2.36. The summed E-state index contributed by atoms with van der Waals surface area (Å²) in [5.41, 5.74) is 0.233. The fourth-order valence-corrected chi connectivity index (χ4v) is 6.66. The predicted molar refractivity (Wildman–Crippen MR) is 159 cm³/mol. The number of pyridine rings is 1. The van der Waals surface area contributed by atoms with E-state index in [-0.39, 0.29) is 35.9 Å². The first-order valence-electron chi connectivity index (χ1n) is 13.1. The number of aliphatic imine (C=N–C) groups is 1. The van der Waals surface area contributed by atoms with Crippen LogP contribution < -0.4 is 4.90 Å². The Labute approximate surface area is 249 Å². The van der Waals surface area contributed by atoms with Gasteiger partial charge in [0.1, 0.15) is 17.2 Å². The minimum Gasteiger partial charge on any atom is -0.338 e. The van der Waals surface area contributed by atoms with E-state index in [1.165, 1.54) is 48.3 Å². The number of hydrogen-bond acceptors (Lipinski definition) is 7. The van der Waals surface area contributed by atoms with Crippen LogP contribution in [-0.2, 0) is 5.54 Å². The molecule has 0 radical (unpaired) electrons. The zero-order valence-electron chi connectivity index (χ0n) is 22.1. The molecule has 0 spiro atoms. The van der Waals surface area contributed by atoms with Crippen molar-refractivity contribution < 1.29 is 18.0 Å². The van der Waals surface area contributed by atoms with Gasteiger partial charge in [-0.1, -0.05) is 48.0 Å². The summed E-state index contributed by atoms with van der Waals surface area (Å²) in [6, 6.07) is 16.3. The monoisotopic (exact) mass is 605 g/mol. The molecule has 2 aromatic heterocycles. The van der Waals surface area contributed by atoms with Crippen molar-refractivity contribution in [2.24, 2.45) is 10.9 Å². The molecular weight excluding hydrogens is 583 g/mol. The third-order valence-electron chi connectivity index (χ3n) is 7.34. The van der Waals surface area contributed by atoms with Gasteiger partial charge in [-0.2, -0.15) is 0 Å². The number of fused-ring (bicyclic) bond motifs is 1. The maximum atomic E-state index is 15.7. The Bertz CT molecular complexity index is 1690. The fraction of sp³-hybridized carbons (Fsp3) is 0.194. The molecule has 2 aliphatic rings. The molecule has 0 unspecified atom stereocenters. The van der Waals surface area contributed by atoms with Gasteiger partial charge in [0.05, 0.1) is 41.1 Å². The van der Waals surface area contributed by atoms with Crippen molar-refractivity contribution in [2.45, 2.75) is 12.0 Å². The number of halogens is 4. The van der Waals surface area contributed by atoms with E-state index in [0.717, 1.165) is 12.4 Å². The van der Waals surface area contributed by atoms with Gasteiger partial charge in [0.15, 0.2) is 11.6 Å². The van der Waals surface area contributed by atoms with Crippen LogP contribution in [0.3, 0.4) is 0 Å². The van der Waals surface area contributed by atoms with Crippen LogP contribution in [0.4, 0.5) is 19.1 Å². The highest BCUT2D eigenvalue weighted by atomic mass is 35.5. The third-order valence-corrected chi connectivity index (χ3v) is 8.70. The minimum atomic E-state index is -1.11. The zero-order chi connectivity index (χ0) is 29.3. The molecule has 0 amide bonds.